The molecule has 0 radical (unpaired) electrons. The second-order valence-corrected chi connectivity index (χ2v) is 15.3. The van der Waals surface area contributed by atoms with Crippen molar-refractivity contribution in [2.45, 2.75) is 96.7 Å². The van der Waals surface area contributed by atoms with Gasteiger partial charge in [0.2, 0.25) is 11.8 Å². The summed E-state index contributed by atoms with van der Waals surface area (Å²) in [5, 5.41) is 17.4. The summed E-state index contributed by atoms with van der Waals surface area (Å²) in [4.78, 5) is 43.0. The highest BCUT2D eigenvalue weighted by Crippen LogP contribution is 2.30. The van der Waals surface area contributed by atoms with Gasteiger partial charge in [0, 0.05) is 41.1 Å². The fourth-order valence-corrected chi connectivity index (χ4v) is 8.44. The van der Waals surface area contributed by atoms with Crippen LogP contribution in [-0.2, 0) is 16.0 Å². The molecular weight excluding hydrogens is 721 g/mol. The van der Waals surface area contributed by atoms with Gasteiger partial charge in [0.05, 0.1) is 5.52 Å². The first-order valence-corrected chi connectivity index (χ1v) is 19.7. The molecule has 1 heterocycles. The van der Waals surface area contributed by atoms with E-state index in [9.17, 15) is 14.4 Å². The summed E-state index contributed by atoms with van der Waals surface area (Å²) in [5.41, 5.74) is 11.8. The Morgan fingerprint density at radius 1 is 0.926 bits per heavy atom. The molecule has 4 aromatic rings. The van der Waals surface area contributed by atoms with Crippen LogP contribution in [0, 0.1) is 18.8 Å². The average Bonchev–Trinajstić information content (AvgIpc) is 3.55. The summed E-state index contributed by atoms with van der Waals surface area (Å²) in [7, 11) is 0. The van der Waals surface area contributed by atoms with Crippen LogP contribution in [-0.4, -0.2) is 70.6 Å². The minimum absolute atomic E-state index is 0. The Morgan fingerprint density at radius 3 is 2.28 bits per heavy atom. The Bertz CT molecular complexity index is 1880. The number of anilines is 1. The molecule has 54 heavy (non-hydrogen) atoms. The van der Waals surface area contributed by atoms with E-state index in [2.05, 4.69) is 44.9 Å². The van der Waals surface area contributed by atoms with Crippen molar-refractivity contribution < 1.29 is 14.4 Å². The largest absolute Gasteiger partial charge is 0.349 e. The van der Waals surface area contributed by atoms with Crippen LogP contribution in [0.25, 0.3) is 22.0 Å². The molecule has 2 aliphatic rings. The van der Waals surface area contributed by atoms with Gasteiger partial charge in [0.25, 0.3) is 5.91 Å². The first kappa shape index (κ1) is 41.2. The lowest BCUT2D eigenvalue weighted by Crippen LogP contribution is -2.48. The number of halogens is 2. The van der Waals surface area contributed by atoms with Crippen LogP contribution < -0.4 is 21.7 Å². The number of aromatic nitrogens is 2. The molecule has 1 aromatic heterocycles. The molecule has 0 spiro atoms. The molecule has 1 atom stereocenters. The van der Waals surface area contributed by atoms with Crippen LogP contribution in [0.1, 0.15) is 86.7 Å². The molecule has 12 heteroatoms. The van der Waals surface area contributed by atoms with Gasteiger partial charge in [-0.15, -0.1) is 12.4 Å². The number of H-pyrrole nitrogens is 1. The fourth-order valence-electron chi connectivity index (χ4n) is 8.23. The molecule has 0 bridgehead atoms. The van der Waals surface area contributed by atoms with Crippen LogP contribution in [0.15, 0.2) is 60.7 Å². The topological polar surface area (TPSA) is 145 Å². The number of carbonyl (C=O) groups is 3. The number of hydrogen-bond acceptors (Lipinski definition) is 6. The van der Waals surface area contributed by atoms with Gasteiger partial charge in [-0.25, -0.2) is 0 Å². The van der Waals surface area contributed by atoms with Crippen molar-refractivity contribution >= 4 is 58.3 Å². The average molecular weight is 777 g/mol. The van der Waals surface area contributed by atoms with Gasteiger partial charge in [-0.2, -0.15) is 5.10 Å². The highest BCUT2D eigenvalue weighted by molar-refractivity contribution is 6.34. The number of nitrogens with two attached hydrogens (primary N) is 1. The number of fused-ring (bicyclic) bond motifs is 1. The number of hydrogen-bond donors (Lipinski definition) is 5. The van der Waals surface area contributed by atoms with Crippen molar-refractivity contribution in [2.24, 2.45) is 17.6 Å². The predicted molar refractivity (Wildman–Crippen MR) is 220 cm³/mol. The zero-order chi connectivity index (χ0) is 37.5. The van der Waals surface area contributed by atoms with Gasteiger partial charge in [0.15, 0.2) is 5.15 Å². The second kappa shape index (κ2) is 19.1. The first-order valence-electron chi connectivity index (χ1n) is 19.3. The van der Waals surface area contributed by atoms with Crippen LogP contribution >= 0.6 is 24.0 Å². The van der Waals surface area contributed by atoms with Crippen LogP contribution in [0.4, 0.5) is 5.69 Å². The molecular formula is C42H55Cl2N7O3. The van der Waals surface area contributed by atoms with E-state index >= 15 is 0 Å². The first-order chi connectivity index (χ1) is 25.6. The lowest BCUT2D eigenvalue weighted by atomic mass is 9.81. The van der Waals surface area contributed by atoms with Gasteiger partial charge >= 0.3 is 0 Å². The van der Waals surface area contributed by atoms with Gasteiger partial charge in [-0.05, 0) is 136 Å². The van der Waals surface area contributed by atoms with Crippen LogP contribution in [0.5, 0.6) is 0 Å². The monoisotopic (exact) mass is 775 g/mol. The molecule has 3 aromatic carbocycles. The van der Waals surface area contributed by atoms with Crippen molar-refractivity contribution in [3.8, 4) is 11.1 Å². The normalized spacial score (nSPS) is 20.6. The van der Waals surface area contributed by atoms with E-state index in [1.54, 1.807) is 18.2 Å². The van der Waals surface area contributed by atoms with Gasteiger partial charge in [0.1, 0.15) is 6.04 Å². The Hall–Kier alpha value is -3.96. The predicted octanol–water partition coefficient (Wildman–Crippen LogP) is 7.43. The summed E-state index contributed by atoms with van der Waals surface area (Å²) in [5.74, 6) is -0.107. The Labute approximate surface area is 330 Å². The van der Waals surface area contributed by atoms with Crippen molar-refractivity contribution in [1.29, 1.82) is 0 Å². The van der Waals surface area contributed by atoms with E-state index in [0.29, 0.717) is 46.8 Å². The second-order valence-electron chi connectivity index (χ2n) is 14.9. The Morgan fingerprint density at radius 2 is 1.63 bits per heavy atom. The molecule has 6 N–H and O–H groups in total. The molecule has 2 saturated carbocycles. The van der Waals surface area contributed by atoms with E-state index in [0.717, 1.165) is 92.1 Å². The summed E-state index contributed by atoms with van der Waals surface area (Å²) in [6.07, 6.45) is 7.95. The molecule has 0 aliphatic heterocycles. The summed E-state index contributed by atoms with van der Waals surface area (Å²) in [6.45, 7) is 9.24. The van der Waals surface area contributed by atoms with E-state index < -0.39 is 6.04 Å². The number of amides is 3. The lowest BCUT2D eigenvalue weighted by Gasteiger charge is -2.36. The number of aromatic amines is 1. The van der Waals surface area contributed by atoms with E-state index in [1.807, 2.05) is 49.4 Å². The third-order valence-electron chi connectivity index (χ3n) is 11.5. The van der Waals surface area contributed by atoms with Gasteiger partial charge < -0.3 is 26.6 Å². The lowest BCUT2D eigenvalue weighted by molar-refractivity contribution is -0.130. The molecule has 10 nitrogen and oxygen atoms in total. The Balaban J connectivity index is 0.00000561. The maximum Gasteiger partial charge on any atom is 0.251 e. The van der Waals surface area contributed by atoms with Crippen molar-refractivity contribution in [3.63, 3.8) is 0 Å². The number of benzene rings is 3. The number of nitrogens with one attached hydrogen (secondary N) is 4. The maximum absolute atomic E-state index is 13.8. The van der Waals surface area contributed by atoms with Crippen LogP contribution in [0.2, 0.25) is 5.15 Å². The maximum atomic E-state index is 13.8. The van der Waals surface area contributed by atoms with Crippen molar-refractivity contribution in [3.05, 3.63) is 82.5 Å². The molecule has 6 rings (SSSR count). The minimum atomic E-state index is -0.784. The minimum Gasteiger partial charge on any atom is -0.349 e. The molecule has 2 aliphatic carbocycles. The highest BCUT2D eigenvalue weighted by Gasteiger charge is 2.30. The fraction of sp³-hybridized carbons (Fsp3) is 0.476. The third-order valence-corrected chi connectivity index (χ3v) is 11.8. The molecule has 3 amide bonds. The molecule has 2 fully saturated rings. The van der Waals surface area contributed by atoms with E-state index in [-0.39, 0.29) is 42.1 Å². The smallest absolute Gasteiger partial charge is 0.251 e. The van der Waals surface area contributed by atoms with E-state index in [1.165, 1.54) is 0 Å². The zero-order valence-corrected chi connectivity index (χ0v) is 33.2. The quantitative estimate of drug-likeness (QED) is 0.0956. The standard InChI is InChI=1S/C42H54ClN7O3.ClH/c1-4-50(5-2)34-18-15-32(16-19-34)45-41(52)31-14-20-35(26(3)22-31)29-10-6-27(7-11-29)23-38(47-40(51)30-12-8-28(25-44)9-13-30)42(53)46-33-17-21-36-37(24-33)48-49-39(36)43;/h6-7,10-11,14,17,20-22,24,28,30,32,34,38H,4-5,8-9,12-13,15-16,18-19,23,25,44H2,1-3H3,(H,45,52)(H,46,53)(H,47,51)(H,48,49);1H/t28?,30?,32?,34?,38-;/m0./s1. The third kappa shape index (κ3) is 10.0. The van der Waals surface area contributed by atoms with E-state index in [4.69, 9.17) is 17.3 Å². The van der Waals surface area contributed by atoms with Crippen molar-refractivity contribution in [2.75, 3.05) is 25.0 Å². The van der Waals surface area contributed by atoms with Crippen LogP contribution in [0.3, 0.4) is 0 Å². The van der Waals surface area contributed by atoms with Crippen molar-refractivity contribution in [1.82, 2.24) is 25.7 Å². The number of nitrogens with zero attached hydrogens (tertiary/aromatic N) is 2. The molecule has 0 unspecified atom stereocenters. The number of rotatable bonds is 13. The van der Waals surface area contributed by atoms with Gasteiger partial charge in [-0.3, -0.25) is 19.5 Å². The molecule has 290 valence electrons. The summed E-state index contributed by atoms with van der Waals surface area (Å²) >= 11 is 6.15. The highest BCUT2D eigenvalue weighted by atomic mass is 35.5. The summed E-state index contributed by atoms with van der Waals surface area (Å²) < 4.78 is 0. The summed E-state index contributed by atoms with van der Waals surface area (Å²) in [6, 6.07) is 19.4. The molecule has 0 saturated heterocycles. The van der Waals surface area contributed by atoms with Gasteiger partial charge in [-0.1, -0.05) is 55.8 Å². The zero-order valence-electron chi connectivity index (χ0n) is 31.6. The SMILES string of the molecule is CCN(CC)C1CCC(NC(=O)c2ccc(-c3ccc(C[C@H](NC(=O)C4CCC(CN)CC4)C(=O)Nc4ccc5c(Cl)n[nH]c5c4)cc3)c(C)c2)CC1.Cl. The Kier molecular flexibility index (Phi) is 14.6. The number of aryl methyl sites for hydroxylation is 1. The number of carbonyl (C=O) groups excluding carboxylic acids is 3.